The van der Waals surface area contributed by atoms with Crippen LogP contribution in [0, 0.1) is 17.2 Å². The van der Waals surface area contributed by atoms with E-state index in [0.717, 1.165) is 6.42 Å². The molecule has 3 atom stereocenters. The second-order valence-corrected chi connectivity index (χ2v) is 7.77. The summed E-state index contributed by atoms with van der Waals surface area (Å²) in [5.41, 5.74) is -1.000. The number of ketones is 2. The van der Waals surface area contributed by atoms with E-state index in [1.165, 1.54) is 31.2 Å². The van der Waals surface area contributed by atoms with E-state index in [2.05, 4.69) is 10.3 Å². The molecule has 0 bridgehead atoms. The predicted octanol–water partition coefficient (Wildman–Crippen LogP) is 4.34. The van der Waals surface area contributed by atoms with Crippen molar-refractivity contribution in [3.8, 4) is 23.4 Å². The second-order valence-electron chi connectivity index (χ2n) is 7.36. The van der Waals surface area contributed by atoms with Crippen LogP contribution in [0.5, 0.6) is 17.4 Å². The molecular formula is C22H19ClF3N3O4. The van der Waals surface area contributed by atoms with Gasteiger partial charge in [0.2, 0.25) is 5.88 Å². The average molecular weight is 482 g/mol. The quantitative estimate of drug-likeness (QED) is 0.559. The van der Waals surface area contributed by atoms with Gasteiger partial charge >= 0.3 is 6.18 Å². The molecule has 7 nitrogen and oxygen atoms in total. The number of carbonyl (C=O) groups excluding carboxylic acids is 2. The number of carbonyl (C=O) groups is 2. The molecule has 1 N–H and O–H groups in total. The van der Waals surface area contributed by atoms with E-state index < -0.39 is 41.4 Å². The molecule has 33 heavy (non-hydrogen) atoms. The molecule has 0 radical (unpaired) electrons. The van der Waals surface area contributed by atoms with Crippen LogP contribution in [0.25, 0.3) is 0 Å². The number of hydrogen-bond donors (Lipinski definition) is 1. The lowest BCUT2D eigenvalue weighted by atomic mass is 9.92. The molecule has 0 spiro atoms. The Balaban J connectivity index is 1.62. The lowest BCUT2D eigenvalue weighted by Gasteiger charge is -2.18. The molecule has 174 valence electrons. The van der Waals surface area contributed by atoms with Crippen LogP contribution in [-0.2, 0) is 15.8 Å². The minimum Gasteiger partial charge on any atom is -0.483 e. The second kappa shape index (κ2) is 10.2. The van der Waals surface area contributed by atoms with Crippen molar-refractivity contribution in [2.45, 2.75) is 38.1 Å². The van der Waals surface area contributed by atoms with Crippen molar-refractivity contribution in [3.05, 3.63) is 47.1 Å². The molecular weight excluding hydrogens is 463 g/mol. The third kappa shape index (κ3) is 6.00. The highest BCUT2D eigenvalue weighted by molar-refractivity contribution is 6.31. The van der Waals surface area contributed by atoms with E-state index in [9.17, 15) is 28.0 Å². The van der Waals surface area contributed by atoms with E-state index in [0.29, 0.717) is 25.2 Å². The van der Waals surface area contributed by atoms with Crippen LogP contribution in [0.3, 0.4) is 0 Å². The van der Waals surface area contributed by atoms with Crippen molar-refractivity contribution in [2.24, 2.45) is 5.92 Å². The Morgan fingerprint density at radius 1 is 1.27 bits per heavy atom. The van der Waals surface area contributed by atoms with E-state index in [1.807, 2.05) is 0 Å². The summed E-state index contributed by atoms with van der Waals surface area (Å²) in [5, 5.41) is 12.0. The Kier molecular flexibility index (Phi) is 7.56. The summed E-state index contributed by atoms with van der Waals surface area (Å²) in [6.45, 7) is 2.11. The van der Waals surface area contributed by atoms with Gasteiger partial charge in [-0.1, -0.05) is 11.6 Å². The van der Waals surface area contributed by atoms with Crippen molar-refractivity contribution in [1.82, 2.24) is 10.3 Å². The number of pyridine rings is 1. The maximum atomic E-state index is 12.7. The van der Waals surface area contributed by atoms with Crippen LogP contribution < -0.4 is 14.8 Å². The molecule has 2 aromatic rings. The number of aromatic nitrogens is 1. The summed E-state index contributed by atoms with van der Waals surface area (Å²) in [4.78, 5) is 28.6. The number of ether oxygens (including phenoxy) is 2. The molecule has 1 aliphatic rings. The van der Waals surface area contributed by atoms with Gasteiger partial charge in [-0.3, -0.25) is 9.59 Å². The zero-order valence-corrected chi connectivity index (χ0v) is 18.1. The van der Waals surface area contributed by atoms with Crippen molar-refractivity contribution in [3.63, 3.8) is 0 Å². The monoisotopic (exact) mass is 481 g/mol. The maximum Gasteiger partial charge on any atom is 0.417 e. The molecule has 0 aliphatic carbocycles. The molecule has 1 aromatic heterocycles. The first-order valence-corrected chi connectivity index (χ1v) is 10.4. The van der Waals surface area contributed by atoms with Gasteiger partial charge in [0.15, 0.2) is 23.6 Å². The van der Waals surface area contributed by atoms with Crippen LogP contribution in [0.2, 0.25) is 5.02 Å². The molecule has 3 unspecified atom stereocenters. The molecule has 11 heteroatoms. The number of nitriles is 1. The zero-order valence-electron chi connectivity index (χ0n) is 17.4. The zero-order chi connectivity index (χ0) is 24.2. The minimum atomic E-state index is -4.58. The van der Waals surface area contributed by atoms with Crippen molar-refractivity contribution in [2.75, 3.05) is 6.54 Å². The van der Waals surface area contributed by atoms with Gasteiger partial charge < -0.3 is 14.8 Å². The van der Waals surface area contributed by atoms with Gasteiger partial charge in [-0.25, -0.2) is 4.98 Å². The third-order valence-corrected chi connectivity index (χ3v) is 5.26. The van der Waals surface area contributed by atoms with Gasteiger partial charge in [0.25, 0.3) is 0 Å². The molecule has 0 amide bonds. The first kappa shape index (κ1) is 24.5. The summed E-state index contributed by atoms with van der Waals surface area (Å²) in [6.07, 6.45) is -3.64. The molecule has 3 rings (SSSR count). The highest BCUT2D eigenvalue weighted by Gasteiger charge is 2.36. The first-order chi connectivity index (χ1) is 15.6. The normalized spacial score (nSPS) is 17.6. The molecule has 0 saturated carbocycles. The van der Waals surface area contributed by atoms with Gasteiger partial charge in [-0.2, -0.15) is 18.4 Å². The molecule has 1 aromatic carbocycles. The van der Waals surface area contributed by atoms with E-state index in [4.69, 9.17) is 21.1 Å². The van der Waals surface area contributed by atoms with E-state index in [1.54, 1.807) is 6.07 Å². The summed E-state index contributed by atoms with van der Waals surface area (Å²) in [7, 11) is 0. The Labute approximate surface area is 192 Å². The van der Waals surface area contributed by atoms with Crippen molar-refractivity contribution in [1.29, 1.82) is 5.26 Å². The number of halogens is 4. The number of nitrogens with one attached hydrogen (secondary N) is 1. The fourth-order valence-electron chi connectivity index (χ4n) is 3.25. The molecule has 1 fully saturated rings. The van der Waals surface area contributed by atoms with Crippen LogP contribution >= 0.6 is 11.6 Å². The summed E-state index contributed by atoms with van der Waals surface area (Å²) < 4.78 is 49.1. The van der Waals surface area contributed by atoms with Crippen molar-refractivity contribution < 1.29 is 32.2 Å². The number of nitrogens with zero attached hydrogens (tertiary/aromatic N) is 2. The summed E-state index contributed by atoms with van der Waals surface area (Å²) in [6, 6.07) is 7.77. The number of alkyl halides is 3. The highest BCUT2D eigenvalue weighted by Crippen LogP contribution is 2.35. The number of hydrogen-bond acceptors (Lipinski definition) is 7. The number of benzene rings is 1. The summed E-state index contributed by atoms with van der Waals surface area (Å²) in [5.74, 6) is -2.26. The van der Waals surface area contributed by atoms with E-state index in [-0.39, 0.29) is 22.4 Å². The average Bonchev–Trinajstić information content (AvgIpc) is 3.31. The molecule has 1 saturated heterocycles. The van der Waals surface area contributed by atoms with Gasteiger partial charge in [0.05, 0.1) is 17.7 Å². The highest BCUT2D eigenvalue weighted by atomic mass is 35.5. The lowest BCUT2D eigenvalue weighted by Crippen LogP contribution is -2.42. The van der Waals surface area contributed by atoms with Gasteiger partial charge in [-0.15, -0.1) is 0 Å². The summed E-state index contributed by atoms with van der Waals surface area (Å²) >= 11 is 5.83. The maximum absolute atomic E-state index is 12.7. The topological polar surface area (TPSA) is 101 Å². The van der Waals surface area contributed by atoms with Crippen LogP contribution in [0.1, 0.15) is 25.3 Å². The fraction of sp³-hybridized carbons (Fsp3) is 0.364. The van der Waals surface area contributed by atoms with Crippen molar-refractivity contribution >= 4 is 23.2 Å². The third-order valence-electron chi connectivity index (χ3n) is 4.99. The molecule has 1 aliphatic heterocycles. The van der Waals surface area contributed by atoms with Crippen LogP contribution in [-0.4, -0.2) is 35.2 Å². The standard InChI is InChI=1S/C22H19ClF3N3O4/c1-12(19(30)16(10-27)20(31)18-3-2-8-28-18)32-14-4-6-15(7-5-14)33-21-17(23)9-13(11-29-21)22(24,25)26/h4-7,9,11-12,16,18,28H,2-3,8H2,1H3. The predicted molar refractivity (Wildman–Crippen MR) is 111 cm³/mol. The van der Waals surface area contributed by atoms with Crippen LogP contribution in [0.4, 0.5) is 13.2 Å². The number of rotatable bonds is 8. The molecule has 2 heterocycles. The Morgan fingerprint density at radius 3 is 2.48 bits per heavy atom. The Morgan fingerprint density at radius 2 is 1.94 bits per heavy atom. The smallest absolute Gasteiger partial charge is 0.417 e. The Hall–Kier alpha value is -3.16. The number of Topliss-reactive ketones (excluding diaryl/α,β-unsaturated/α-hetero) is 2. The first-order valence-electron chi connectivity index (χ1n) is 9.98. The SMILES string of the molecule is CC(Oc1ccc(Oc2ncc(C(F)(F)F)cc2Cl)cc1)C(=O)C(C#N)C(=O)C1CCCN1. The van der Waals surface area contributed by atoms with Gasteiger partial charge in [-0.05, 0) is 56.6 Å². The Bertz CT molecular complexity index is 1060. The fourth-order valence-corrected chi connectivity index (χ4v) is 3.45. The van der Waals surface area contributed by atoms with Gasteiger partial charge in [0.1, 0.15) is 16.5 Å². The largest absolute Gasteiger partial charge is 0.483 e. The van der Waals surface area contributed by atoms with Gasteiger partial charge in [0, 0.05) is 6.20 Å². The lowest BCUT2D eigenvalue weighted by molar-refractivity contribution is -0.138. The minimum absolute atomic E-state index is 0.210. The van der Waals surface area contributed by atoms with E-state index >= 15 is 0 Å². The van der Waals surface area contributed by atoms with Crippen LogP contribution in [0.15, 0.2) is 36.5 Å².